The number of nitrogens with two attached hydrogens (primary N) is 1. The number of halogens is 3. The van der Waals surface area contributed by atoms with Crippen LogP contribution in [0.3, 0.4) is 0 Å². The van der Waals surface area contributed by atoms with Crippen molar-refractivity contribution in [3.63, 3.8) is 0 Å². The quantitative estimate of drug-likeness (QED) is 0.0293. The highest BCUT2D eigenvalue weighted by atomic mass is 35.5. The van der Waals surface area contributed by atoms with E-state index in [4.69, 9.17) is 20.3 Å². The summed E-state index contributed by atoms with van der Waals surface area (Å²) >= 11 is 0. The number of carboxylic acids is 1. The molecule has 0 aliphatic carbocycles. The van der Waals surface area contributed by atoms with E-state index in [2.05, 4.69) is 52.7 Å². The molecule has 0 radical (unpaired) electrons. The maximum atomic E-state index is 14.2. The van der Waals surface area contributed by atoms with Crippen molar-refractivity contribution in [2.75, 3.05) is 77.4 Å². The van der Waals surface area contributed by atoms with Crippen LogP contribution in [0.25, 0.3) is 0 Å². The van der Waals surface area contributed by atoms with Crippen molar-refractivity contribution in [3.8, 4) is 0 Å². The summed E-state index contributed by atoms with van der Waals surface area (Å²) in [6.07, 6.45) is 12.0. The van der Waals surface area contributed by atoms with E-state index in [1.165, 1.54) is 67.3 Å². The Morgan fingerprint density at radius 1 is 0.465 bits per heavy atom. The molecule has 4 aliphatic rings. The predicted octanol–water partition coefficient (Wildman–Crippen LogP) is 12.8. The lowest BCUT2D eigenvalue weighted by Crippen LogP contribution is -2.57. The fourth-order valence-corrected chi connectivity index (χ4v) is 15.9. The smallest absolute Gasteiger partial charge is 0.410 e. The van der Waals surface area contributed by atoms with E-state index in [0.29, 0.717) is 78.9 Å². The van der Waals surface area contributed by atoms with Gasteiger partial charge in [-0.1, -0.05) is 99.5 Å². The molecule has 28 nitrogen and oxygen atoms in total. The fourth-order valence-electron chi connectivity index (χ4n) is 13.4. The summed E-state index contributed by atoms with van der Waals surface area (Å²) in [5.74, 6) is -4.30. The van der Waals surface area contributed by atoms with Crippen LogP contribution in [0.2, 0.25) is 0 Å². The van der Waals surface area contributed by atoms with Crippen LogP contribution >= 0.6 is 12.4 Å². The number of rotatable bonds is 22. The molecule has 706 valence electrons. The van der Waals surface area contributed by atoms with Gasteiger partial charge < -0.3 is 66.9 Å². The Labute approximate surface area is 757 Å². The number of ether oxygens (including phenoxy) is 2. The van der Waals surface area contributed by atoms with E-state index in [-0.39, 0.29) is 80.5 Å². The van der Waals surface area contributed by atoms with Crippen molar-refractivity contribution in [2.24, 2.45) is 17.6 Å². The number of amides is 5. The number of carboxylic acid groups (broad SMARTS) is 1. The maximum absolute atomic E-state index is 14.2. The molecular formula is C92H135ClF2N10O18S4. The molecule has 0 bridgehead atoms. The van der Waals surface area contributed by atoms with E-state index < -0.39 is 92.1 Å². The average molecular weight is 1870 g/mol. The van der Waals surface area contributed by atoms with Crippen LogP contribution in [-0.4, -0.2) is 218 Å². The Morgan fingerprint density at radius 3 is 1.03 bits per heavy atom. The summed E-state index contributed by atoms with van der Waals surface area (Å²) in [6.45, 7) is 38.3. The van der Waals surface area contributed by atoms with Gasteiger partial charge in [0, 0.05) is 112 Å². The number of carbonyl (C=O) groups excluding carboxylic acids is 6. The van der Waals surface area contributed by atoms with Gasteiger partial charge in [0.2, 0.25) is 5.91 Å². The van der Waals surface area contributed by atoms with Gasteiger partial charge in [0.25, 0.3) is 11.8 Å². The second-order valence-corrected chi connectivity index (χ2v) is 44.9. The van der Waals surface area contributed by atoms with E-state index >= 15 is 0 Å². The minimum absolute atomic E-state index is 0. The lowest BCUT2D eigenvalue weighted by Gasteiger charge is -2.41. The fraction of sp³-hybridized carbons (Fsp3) is 0.533. The molecule has 6 aromatic carbocycles. The molecule has 2 atom stereocenters. The van der Waals surface area contributed by atoms with Gasteiger partial charge in [0.1, 0.15) is 41.2 Å². The van der Waals surface area contributed by atoms with Gasteiger partial charge in [-0.2, -0.15) is 0 Å². The first-order valence-electron chi connectivity index (χ1n) is 42.1. The van der Waals surface area contributed by atoms with E-state index in [9.17, 15) is 76.0 Å². The van der Waals surface area contributed by atoms with Crippen LogP contribution in [0, 0.1) is 37.3 Å². The van der Waals surface area contributed by atoms with Crippen molar-refractivity contribution in [3.05, 3.63) is 190 Å². The number of aryl methyl sites for hydroxylation is 2. The van der Waals surface area contributed by atoms with Gasteiger partial charge in [0.15, 0.2) is 39.3 Å². The molecule has 0 unspecified atom stereocenters. The number of hydrogen-bond acceptors (Lipinski definition) is 22. The Bertz CT molecular complexity index is 5120. The maximum Gasteiger partial charge on any atom is 0.410 e. The highest BCUT2D eigenvalue weighted by molar-refractivity contribution is 7.91. The highest BCUT2D eigenvalue weighted by Gasteiger charge is 2.38. The molecule has 5 amide bonds. The van der Waals surface area contributed by atoms with Crippen LogP contribution in [0.1, 0.15) is 207 Å². The van der Waals surface area contributed by atoms with Gasteiger partial charge >= 0.3 is 18.2 Å². The number of piperidine rings is 4. The van der Waals surface area contributed by atoms with Gasteiger partial charge in [-0.15, -0.1) is 12.4 Å². The number of hydrogen-bond donors (Lipinski definition) is 8. The van der Waals surface area contributed by atoms with Crippen LogP contribution in [0.4, 0.5) is 18.4 Å². The minimum Gasteiger partial charge on any atom is -0.480 e. The number of carbonyl (C=O) groups is 7. The highest BCUT2D eigenvalue weighted by Crippen LogP contribution is 2.29. The largest absolute Gasteiger partial charge is 0.480 e. The van der Waals surface area contributed by atoms with Gasteiger partial charge in [-0.25, -0.2) is 56.8 Å². The number of likely N-dealkylation sites (tertiary alicyclic amines) is 3. The number of sulfone groups is 4. The van der Waals surface area contributed by atoms with Gasteiger partial charge in [-0.05, 0) is 249 Å². The third kappa shape index (κ3) is 38.4. The Kier molecular flexibility index (Phi) is 41.4. The second-order valence-electron chi connectivity index (χ2n) is 36.8. The van der Waals surface area contributed by atoms with Gasteiger partial charge in [0.05, 0.1) is 30.7 Å². The molecular weight excluding hydrogens is 1730 g/mol. The topological polar surface area (TPSA) is 403 Å². The molecule has 4 fully saturated rings. The first kappa shape index (κ1) is 110. The summed E-state index contributed by atoms with van der Waals surface area (Å²) in [6, 6.07) is 33.4. The lowest BCUT2D eigenvalue weighted by molar-refractivity contribution is -0.140. The molecule has 4 saturated heterocycles. The molecule has 0 spiro atoms. The predicted molar refractivity (Wildman–Crippen MR) is 493 cm³/mol. The second kappa shape index (κ2) is 47.6. The first-order valence-corrected chi connectivity index (χ1v) is 49.7. The van der Waals surface area contributed by atoms with Crippen molar-refractivity contribution in [2.45, 2.75) is 247 Å². The third-order valence-corrected chi connectivity index (χ3v) is 26.3. The summed E-state index contributed by atoms with van der Waals surface area (Å²) in [7, 11) is -12.6. The molecule has 127 heavy (non-hydrogen) atoms. The van der Waals surface area contributed by atoms with Crippen molar-refractivity contribution >= 4 is 93.9 Å². The standard InChI is InChI=1S/C27H36FN3O4S.C19H30N2O4S.C14H22N2O2S.C13H16FNO3.C11H22N2O2.C8H8O3S.ClH/c1-18(2)24(30-25(32)22-16-19(3)6-11-23(22)28)26(33)31-14-12-27(4,13-15-31)29-17-20-7-9-21(10-8-20)36(5,34)35;1-18(2,3)25-17(22)21-12-10-19(4,11-13-21)20-14-15-6-8-16(9-7-15)26(5,23)24;1-14(7-9-15-10-8-14)16-11-12-3-5-13(6-4-12)19(2,17)18;1-7(2)11(13(17)18)15-12(16)9-6-8(3)4-5-10(9)14;1-10(2,3)15-9(14)13-7-5-11(4,12)6-8-13;1-12(10,11)8-4-2-7(6-9)3-5-8;/h6-11,16,18,24,29H,12-15,17H2,1-5H3,(H,30,32);6-9,20H,10-14H2,1-5H3;3-6,15-16H,7-11H2,1-2H3;4-7,11H,1-3H3,(H,15,16)(H,17,18);5-8,12H2,1-4H3;2-6H,1H3;1H/t24-;;;11-;;;/m1..1.../s1. The Balaban J connectivity index is 0.000000331. The summed E-state index contributed by atoms with van der Waals surface area (Å²) < 4.78 is 129. The summed E-state index contributed by atoms with van der Waals surface area (Å²) in [5, 5.41) is 28.1. The number of nitrogens with zero attached hydrogens (tertiary/aromatic N) is 3. The Morgan fingerprint density at radius 2 is 0.748 bits per heavy atom. The van der Waals surface area contributed by atoms with Crippen LogP contribution in [-0.2, 0) is 78.0 Å². The molecule has 0 aromatic heterocycles. The molecule has 4 aliphatic heterocycles. The number of aliphatic carboxylic acids is 1. The number of aldehydes is 1. The number of nitrogens with one attached hydrogen (secondary N) is 6. The minimum atomic E-state index is -3.23. The molecule has 4 heterocycles. The SMILES string of the molecule is CC1(N)CCN(C(=O)OC(C)(C)C)CC1.CC1(NCc2ccc(S(C)(=O)=O)cc2)CCN(C(=O)OC(C)(C)C)CC1.CC1(NCc2ccc(S(C)(=O)=O)cc2)CCNCC1.CS(=O)(=O)c1ccc(C=O)cc1.Cc1ccc(F)c(C(=O)N[C@@H](C(=O)N2CCC(C)(NCc3ccc(S(C)(=O)=O)cc3)CC2)C(C)C)c1.Cc1ccc(F)c(C(=O)N[C@@H](C(=O)O)C(C)C)c1.Cl. The first-order chi connectivity index (χ1) is 58.1. The molecule has 10 rings (SSSR count). The zero-order valence-electron chi connectivity index (χ0n) is 77.1. The monoisotopic (exact) mass is 1870 g/mol. The van der Waals surface area contributed by atoms with E-state index in [1.807, 2.05) is 86.6 Å². The normalized spacial score (nSPS) is 16.5. The van der Waals surface area contributed by atoms with Crippen molar-refractivity contribution < 1.29 is 90.6 Å². The zero-order valence-corrected chi connectivity index (χ0v) is 81.2. The molecule has 6 aromatic rings. The van der Waals surface area contributed by atoms with Crippen molar-refractivity contribution in [1.29, 1.82) is 0 Å². The third-order valence-electron chi connectivity index (χ3n) is 21.8. The van der Waals surface area contributed by atoms with Gasteiger partial charge in [-0.3, -0.25) is 19.2 Å². The molecule has 35 heteroatoms. The van der Waals surface area contributed by atoms with Crippen LogP contribution in [0.5, 0.6) is 0 Å². The van der Waals surface area contributed by atoms with E-state index in [1.54, 1.807) is 103 Å². The lowest BCUT2D eigenvalue weighted by atomic mass is 9.88. The molecule has 9 N–H and O–H groups in total. The summed E-state index contributed by atoms with van der Waals surface area (Å²) in [4.78, 5) is 89.4. The Hall–Kier alpha value is -8.84. The summed E-state index contributed by atoms with van der Waals surface area (Å²) in [5.41, 5.74) is 9.81. The van der Waals surface area contributed by atoms with Crippen LogP contribution in [0.15, 0.2) is 153 Å². The number of benzene rings is 6. The molecule has 0 saturated carbocycles. The van der Waals surface area contributed by atoms with E-state index in [0.717, 1.165) is 105 Å². The average Bonchev–Trinajstić information content (AvgIpc) is 0.816. The van der Waals surface area contributed by atoms with Crippen molar-refractivity contribution in [1.82, 2.24) is 46.6 Å². The zero-order chi connectivity index (χ0) is 94.9. The van der Waals surface area contributed by atoms with Crippen LogP contribution < -0.4 is 37.6 Å².